The molecule has 0 bridgehead atoms. The lowest BCUT2D eigenvalue weighted by Crippen LogP contribution is -2.31. The lowest BCUT2D eigenvalue weighted by Gasteiger charge is -2.12. The van der Waals surface area contributed by atoms with E-state index in [0.29, 0.717) is 17.2 Å². The number of hydrogen-bond donors (Lipinski definition) is 1. The second-order valence-corrected chi connectivity index (χ2v) is 8.18. The summed E-state index contributed by atoms with van der Waals surface area (Å²) in [6.45, 7) is 0.104. The van der Waals surface area contributed by atoms with Crippen LogP contribution in [0.1, 0.15) is 0 Å². The minimum absolute atomic E-state index is 0.00777. The molecular formula is C21H23N3O6S. The van der Waals surface area contributed by atoms with Crippen LogP contribution < -0.4 is 24.5 Å². The van der Waals surface area contributed by atoms with Gasteiger partial charge in [-0.3, -0.25) is 9.36 Å². The first-order valence-corrected chi connectivity index (χ1v) is 10.8. The van der Waals surface area contributed by atoms with Crippen LogP contribution in [0.4, 0.5) is 0 Å². The van der Waals surface area contributed by atoms with Crippen LogP contribution in [-0.2, 0) is 16.6 Å². The van der Waals surface area contributed by atoms with E-state index in [2.05, 4.69) is 9.71 Å². The van der Waals surface area contributed by atoms with Crippen molar-refractivity contribution in [3.8, 4) is 28.5 Å². The van der Waals surface area contributed by atoms with Crippen molar-refractivity contribution in [3.05, 3.63) is 65.2 Å². The molecule has 0 saturated carbocycles. The molecule has 2 aromatic carbocycles. The summed E-state index contributed by atoms with van der Waals surface area (Å²) in [6, 6.07) is 13.1. The lowest BCUT2D eigenvalue weighted by molar-refractivity contribution is 0.392. The Kier molecular flexibility index (Phi) is 6.93. The first-order valence-electron chi connectivity index (χ1n) is 9.30. The Balaban J connectivity index is 1.71. The molecular weight excluding hydrogens is 422 g/mol. The number of rotatable bonds is 9. The molecule has 0 unspecified atom stereocenters. The molecule has 0 aliphatic carbocycles. The van der Waals surface area contributed by atoms with Gasteiger partial charge in [0.15, 0.2) is 0 Å². The number of nitrogens with zero attached hydrogens (tertiary/aromatic N) is 2. The maximum Gasteiger partial charge on any atom is 0.253 e. The van der Waals surface area contributed by atoms with E-state index in [0.717, 1.165) is 5.56 Å². The highest BCUT2D eigenvalue weighted by atomic mass is 32.2. The molecule has 0 amide bonds. The third-order valence-electron chi connectivity index (χ3n) is 4.57. The Morgan fingerprint density at radius 3 is 2.23 bits per heavy atom. The lowest BCUT2D eigenvalue weighted by atomic mass is 10.1. The van der Waals surface area contributed by atoms with Gasteiger partial charge in [0.25, 0.3) is 5.56 Å². The molecule has 0 fully saturated rings. The largest absolute Gasteiger partial charge is 0.497 e. The van der Waals surface area contributed by atoms with Crippen molar-refractivity contribution in [3.63, 3.8) is 0 Å². The van der Waals surface area contributed by atoms with Crippen LogP contribution in [0.3, 0.4) is 0 Å². The van der Waals surface area contributed by atoms with Gasteiger partial charge in [0.2, 0.25) is 10.0 Å². The fraction of sp³-hybridized carbons (Fsp3) is 0.238. The average molecular weight is 445 g/mol. The van der Waals surface area contributed by atoms with Crippen molar-refractivity contribution in [2.75, 3.05) is 27.9 Å². The minimum atomic E-state index is -3.88. The first-order chi connectivity index (χ1) is 14.9. The summed E-state index contributed by atoms with van der Waals surface area (Å²) in [5.41, 5.74) is 1.00. The Morgan fingerprint density at radius 1 is 0.935 bits per heavy atom. The molecule has 0 aliphatic heterocycles. The van der Waals surface area contributed by atoms with Crippen LogP contribution >= 0.6 is 0 Å². The van der Waals surface area contributed by atoms with Gasteiger partial charge >= 0.3 is 0 Å². The molecule has 3 rings (SSSR count). The minimum Gasteiger partial charge on any atom is -0.497 e. The van der Waals surface area contributed by atoms with Gasteiger partial charge in [0.1, 0.15) is 22.1 Å². The predicted molar refractivity (Wildman–Crippen MR) is 115 cm³/mol. The topological polar surface area (TPSA) is 109 Å². The monoisotopic (exact) mass is 445 g/mol. The summed E-state index contributed by atoms with van der Waals surface area (Å²) in [5, 5.41) is 0. The van der Waals surface area contributed by atoms with Crippen molar-refractivity contribution in [2.24, 2.45) is 0 Å². The van der Waals surface area contributed by atoms with Crippen molar-refractivity contribution in [2.45, 2.75) is 11.4 Å². The van der Waals surface area contributed by atoms with Gasteiger partial charge in [-0.2, -0.15) is 0 Å². The van der Waals surface area contributed by atoms with E-state index in [1.54, 1.807) is 37.4 Å². The Hall–Kier alpha value is -3.37. The number of hydrogen-bond acceptors (Lipinski definition) is 7. The maximum absolute atomic E-state index is 12.7. The molecule has 1 aromatic heterocycles. The normalized spacial score (nSPS) is 11.2. The van der Waals surface area contributed by atoms with Gasteiger partial charge in [0.05, 0.1) is 33.4 Å². The third kappa shape index (κ3) is 5.22. The van der Waals surface area contributed by atoms with Crippen LogP contribution in [0.5, 0.6) is 17.2 Å². The van der Waals surface area contributed by atoms with Gasteiger partial charge in [-0.15, -0.1) is 0 Å². The molecule has 0 spiro atoms. The second kappa shape index (κ2) is 9.63. The molecule has 3 aromatic rings. The second-order valence-electron chi connectivity index (χ2n) is 6.45. The smallest absolute Gasteiger partial charge is 0.253 e. The van der Waals surface area contributed by atoms with Crippen molar-refractivity contribution in [1.29, 1.82) is 0 Å². The number of benzene rings is 2. The molecule has 0 radical (unpaired) electrons. The quantitative estimate of drug-likeness (QED) is 0.536. The van der Waals surface area contributed by atoms with E-state index in [1.807, 2.05) is 0 Å². The summed E-state index contributed by atoms with van der Waals surface area (Å²) in [7, 11) is 0.528. The van der Waals surface area contributed by atoms with E-state index in [-0.39, 0.29) is 29.3 Å². The maximum atomic E-state index is 12.7. The van der Waals surface area contributed by atoms with Crippen molar-refractivity contribution >= 4 is 10.0 Å². The van der Waals surface area contributed by atoms with E-state index in [9.17, 15) is 13.2 Å². The molecule has 31 heavy (non-hydrogen) atoms. The SMILES string of the molecule is COc1ccc(-c2cc(=O)n(CCNS(=O)(=O)c3cc(OC)ccc3OC)cn2)cc1. The number of ether oxygens (including phenoxy) is 3. The fourth-order valence-corrected chi connectivity index (χ4v) is 4.09. The zero-order valence-corrected chi connectivity index (χ0v) is 18.2. The molecule has 0 atom stereocenters. The van der Waals surface area contributed by atoms with Gasteiger partial charge in [-0.1, -0.05) is 0 Å². The van der Waals surface area contributed by atoms with Crippen molar-refractivity contribution < 1.29 is 22.6 Å². The number of methoxy groups -OCH3 is 3. The molecule has 9 nitrogen and oxygen atoms in total. The Morgan fingerprint density at radius 2 is 1.61 bits per heavy atom. The van der Waals surface area contributed by atoms with Gasteiger partial charge in [-0.25, -0.2) is 18.1 Å². The van der Waals surface area contributed by atoms with E-state index >= 15 is 0 Å². The van der Waals surface area contributed by atoms with Crippen LogP contribution in [0.25, 0.3) is 11.3 Å². The number of aromatic nitrogens is 2. The van der Waals surface area contributed by atoms with Crippen LogP contribution in [-0.4, -0.2) is 45.8 Å². The van der Waals surface area contributed by atoms with Gasteiger partial charge < -0.3 is 14.2 Å². The van der Waals surface area contributed by atoms with Crippen LogP contribution in [0, 0.1) is 0 Å². The van der Waals surface area contributed by atoms with Crippen LogP contribution in [0.15, 0.2) is 64.5 Å². The number of sulfonamides is 1. The van der Waals surface area contributed by atoms with Crippen molar-refractivity contribution in [1.82, 2.24) is 14.3 Å². The molecule has 10 heteroatoms. The third-order valence-corrected chi connectivity index (χ3v) is 6.05. The highest BCUT2D eigenvalue weighted by molar-refractivity contribution is 7.89. The predicted octanol–water partition coefficient (Wildman–Crippen LogP) is 1.91. The highest BCUT2D eigenvalue weighted by Crippen LogP contribution is 2.27. The Bertz CT molecular complexity index is 1210. The fourth-order valence-electron chi connectivity index (χ4n) is 2.89. The molecule has 1 N–H and O–H groups in total. The van der Waals surface area contributed by atoms with Crippen LogP contribution in [0.2, 0.25) is 0 Å². The number of nitrogens with one attached hydrogen (secondary N) is 1. The van der Waals surface area contributed by atoms with E-state index in [1.165, 1.54) is 43.3 Å². The standard InChI is InChI=1S/C21H23N3O6S/c1-28-16-6-4-15(5-7-16)18-13-21(25)24(14-22-18)11-10-23-31(26,27)20-12-17(29-2)8-9-19(20)30-3/h4-9,12-14,23H,10-11H2,1-3H3. The highest BCUT2D eigenvalue weighted by Gasteiger charge is 2.20. The zero-order valence-electron chi connectivity index (χ0n) is 17.4. The Labute approximate surface area is 180 Å². The summed E-state index contributed by atoms with van der Waals surface area (Å²) in [4.78, 5) is 16.7. The summed E-state index contributed by atoms with van der Waals surface area (Å²) >= 11 is 0. The first kappa shape index (κ1) is 22.3. The van der Waals surface area contributed by atoms with E-state index < -0.39 is 10.0 Å². The molecule has 164 valence electrons. The van der Waals surface area contributed by atoms with E-state index in [4.69, 9.17) is 14.2 Å². The van der Waals surface area contributed by atoms with Gasteiger partial charge in [-0.05, 0) is 36.4 Å². The molecule has 0 aliphatic rings. The molecule has 1 heterocycles. The zero-order chi connectivity index (χ0) is 22.4. The summed E-state index contributed by atoms with van der Waals surface area (Å²) in [6.07, 6.45) is 1.39. The molecule has 0 saturated heterocycles. The average Bonchev–Trinajstić information content (AvgIpc) is 2.79. The summed E-state index contributed by atoms with van der Waals surface area (Å²) in [5.74, 6) is 1.28. The summed E-state index contributed by atoms with van der Waals surface area (Å²) < 4.78 is 44.5. The van der Waals surface area contributed by atoms with Gasteiger partial charge in [0, 0.05) is 30.8 Å².